The van der Waals surface area contributed by atoms with E-state index in [0.29, 0.717) is 11.4 Å². The molecule has 2 aliphatic rings. The second-order valence-corrected chi connectivity index (χ2v) is 8.25. The van der Waals surface area contributed by atoms with E-state index in [1.165, 1.54) is 16.7 Å². The van der Waals surface area contributed by atoms with Gasteiger partial charge in [-0.05, 0) is 49.8 Å². The summed E-state index contributed by atoms with van der Waals surface area (Å²) in [5.74, 6) is -0.749. The molecule has 0 bridgehead atoms. The molecule has 3 rings (SSSR count). The monoisotopic (exact) mass is 403 g/mol. The molecule has 3 amide bonds. The molecule has 1 fully saturated rings. The number of aliphatic carboxylic acids is 1. The predicted molar refractivity (Wildman–Crippen MR) is 109 cm³/mol. The quantitative estimate of drug-likeness (QED) is 0.657. The summed E-state index contributed by atoms with van der Waals surface area (Å²) in [6.07, 6.45) is 6.94. The lowest BCUT2D eigenvalue weighted by molar-refractivity contribution is -0.149. The Morgan fingerprint density at radius 3 is 2.79 bits per heavy atom. The first-order valence-electron chi connectivity index (χ1n) is 9.38. The van der Waals surface area contributed by atoms with E-state index in [2.05, 4.69) is 22.8 Å². The summed E-state index contributed by atoms with van der Waals surface area (Å²) in [6, 6.07) is 6.00. The van der Waals surface area contributed by atoms with Gasteiger partial charge in [-0.2, -0.15) is 0 Å². The number of allylic oxidation sites excluding steroid dienone is 2. The third-order valence-corrected chi connectivity index (χ3v) is 6.46. The molecule has 0 aromatic heterocycles. The highest BCUT2D eigenvalue weighted by Crippen LogP contribution is 2.39. The van der Waals surface area contributed by atoms with Gasteiger partial charge in [0.15, 0.2) is 0 Å². The average Bonchev–Trinajstić information content (AvgIpc) is 3.12. The van der Waals surface area contributed by atoms with Crippen LogP contribution in [-0.4, -0.2) is 51.6 Å². The standard InChI is InChI=1S/C20H25N3O4S/c1-13-6-5-9-15(10-13)22-20(27)21-11-17(24)23-16(19(25)26)12-28-18(23)14-7-3-2-4-8-14/h2-3,5-6,9-10,14,16,18H,4,7-8,11-12H2,1H3,(H,25,26)(H2,21,22,27)/t14-,16-,18+/m0/s1. The lowest BCUT2D eigenvalue weighted by atomic mass is 9.93. The highest BCUT2D eigenvalue weighted by molar-refractivity contribution is 8.00. The summed E-state index contributed by atoms with van der Waals surface area (Å²) in [4.78, 5) is 38.0. The third-order valence-electron chi connectivity index (χ3n) is 5.00. The van der Waals surface area contributed by atoms with Crippen LogP contribution in [0.15, 0.2) is 36.4 Å². The van der Waals surface area contributed by atoms with Gasteiger partial charge in [0, 0.05) is 11.4 Å². The first kappa shape index (κ1) is 20.3. The van der Waals surface area contributed by atoms with Gasteiger partial charge in [-0.1, -0.05) is 24.3 Å². The number of carboxylic acids is 1. The number of nitrogens with one attached hydrogen (secondary N) is 2. The SMILES string of the molecule is Cc1cccc(NC(=O)NCC(=O)N2[C@@H]([C@H]3CC=CCC3)SC[C@H]2C(=O)O)c1. The zero-order valence-corrected chi connectivity index (χ0v) is 16.6. The van der Waals surface area contributed by atoms with Gasteiger partial charge in [-0.25, -0.2) is 9.59 Å². The number of hydrogen-bond donors (Lipinski definition) is 3. The van der Waals surface area contributed by atoms with Crippen molar-refractivity contribution in [2.75, 3.05) is 17.6 Å². The molecule has 1 aliphatic heterocycles. The van der Waals surface area contributed by atoms with Gasteiger partial charge in [-0.15, -0.1) is 11.8 Å². The number of benzene rings is 1. The molecule has 1 aromatic rings. The summed E-state index contributed by atoms with van der Waals surface area (Å²) in [5.41, 5.74) is 1.65. The maximum absolute atomic E-state index is 12.8. The zero-order chi connectivity index (χ0) is 20.1. The highest BCUT2D eigenvalue weighted by Gasteiger charge is 2.44. The summed E-state index contributed by atoms with van der Waals surface area (Å²) < 4.78 is 0. The minimum Gasteiger partial charge on any atom is -0.480 e. The fourth-order valence-electron chi connectivity index (χ4n) is 3.62. The number of thioether (sulfide) groups is 1. The summed E-state index contributed by atoms with van der Waals surface area (Å²) in [6.45, 7) is 1.69. The van der Waals surface area contributed by atoms with E-state index < -0.39 is 18.0 Å². The van der Waals surface area contributed by atoms with E-state index in [9.17, 15) is 19.5 Å². The van der Waals surface area contributed by atoms with E-state index in [4.69, 9.17) is 0 Å². The van der Waals surface area contributed by atoms with Crippen molar-refractivity contribution in [3.05, 3.63) is 42.0 Å². The number of hydrogen-bond acceptors (Lipinski definition) is 4. The van der Waals surface area contributed by atoms with Crippen LogP contribution >= 0.6 is 11.8 Å². The molecule has 28 heavy (non-hydrogen) atoms. The van der Waals surface area contributed by atoms with E-state index in [1.807, 2.05) is 25.1 Å². The number of carbonyl (C=O) groups is 3. The predicted octanol–water partition coefficient (Wildman–Crippen LogP) is 2.83. The number of carboxylic acid groups (broad SMARTS) is 1. The van der Waals surface area contributed by atoms with E-state index in [-0.39, 0.29) is 23.7 Å². The number of carbonyl (C=O) groups excluding carboxylic acids is 2. The average molecular weight is 404 g/mol. The number of rotatable bonds is 5. The molecule has 3 N–H and O–H groups in total. The first-order valence-corrected chi connectivity index (χ1v) is 10.4. The van der Waals surface area contributed by atoms with E-state index in [0.717, 1.165) is 24.8 Å². The molecule has 0 radical (unpaired) electrons. The Hall–Kier alpha value is -2.48. The van der Waals surface area contributed by atoms with Crippen LogP contribution in [0.2, 0.25) is 0 Å². The Kier molecular flexibility index (Phi) is 6.61. The van der Waals surface area contributed by atoms with Crippen LogP contribution in [0.5, 0.6) is 0 Å². The topological polar surface area (TPSA) is 98.7 Å². The second kappa shape index (κ2) is 9.14. The number of urea groups is 1. The van der Waals surface area contributed by atoms with Gasteiger partial charge in [0.2, 0.25) is 5.91 Å². The Bertz CT molecular complexity index is 782. The molecule has 3 atom stereocenters. The fourth-order valence-corrected chi connectivity index (χ4v) is 5.25. The number of amides is 3. The molecule has 1 aromatic carbocycles. The molecule has 1 heterocycles. The van der Waals surface area contributed by atoms with Crippen molar-refractivity contribution >= 4 is 35.4 Å². The van der Waals surface area contributed by atoms with Crippen LogP contribution < -0.4 is 10.6 Å². The van der Waals surface area contributed by atoms with Crippen molar-refractivity contribution in [3.8, 4) is 0 Å². The maximum atomic E-state index is 12.8. The van der Waals surface area contributed by atoms with Crippen molar-refractivity contribution in [2.24, 2.45) is 5.92 Å². The second-order valence-electron chi connectivity index (χ2n) is 7.10. The smallest absolute Gasteiger partial charge is 0.327 e. The molecule has 0 spiro atoms. The number of aryl methyl sites for hydroxylation is 1. The molecule has 7 nitrogen and oxygen atoms in total. The van der Waals surface area contributed by atoms with Gasteiger partial charge in [0.25, 0.3) is 0 Å². The molecule has 1 aliphatic carbocycles. The number of nitrogens with zero attached hydrogens (tertiary/aromatic N) is 1. The summed E-state index contributed by atoms with van der Waals surface area (Å²) >= 11 is 1.52. The molecule has 150 valence electrons. The van der Waals surface area contributed by atoms with Crippen molar-refractivity contribution in [2.45, 2.75) is 37.6 Å². The molecular weight excluding hydrogens is 378 g/mol. The van der Waals surface area contributed by atoms with Crippen molar-refractivity contribution in [1.82, 2.24) is 10.2 Å². The Morgan fingerprint density at radius 1 is 1.29 bits per heavy atom. The van der Waals surface area contributed by atoms with Crippen LogP contribution in [0.3, 0.4) is 0 Å². The van der Waals surface area contributed by atoms with Crippen LogP contribution in [0.25, 0.3) is 0 Å². The van der Waals surface area contributed by atoms with E-state index in [1.54, 1.807) is 6.07 Å². The summed E-state index contributed by atoms with van der Waals surface area (Å²) in [7, 11) is 0. The molecule has 8 heteroatoms. The minimum absolute atomic E-state index is 0.166. The van der Waals surface area contributed by atoms with Gasteiger partial charge in [0.1, 0.15) is 6.04 Å². The normalized spacial score (nSPS) is 24.0. The Morgan fingerprint density at radius 2 is 2.11 bits per heavy atom. The van der Waals surface area contributed by atoms with Crippen LogP contribution in [0, 0.1) is 12.8 Å². The zero-order valence-electron chi connectivity index (χ0n) is 15.8. The number of anilines is 1. The van der Waals surface area contributed by atoms with Crippen LogP contribution in [-0.2, 0) is 9.59 Å². The Labute approximate surface area is 168 Å². The van der Waals surface area contributed by atoms with Gasteiger partial charge >= 0.3 is 12.0 Å². The molecule has 0 unspecified atom stereocenters. The third kappa shape index (κ3) is 4.86. The maximum Gasteiger partial charge on any atom is 0.327 e. The molecular formula is C20H25N3O4S. The van der Waals surface area contributed by atoms with Crippen LogP contribution in [0.1, 0.15) is 24.8 Å². The highest BCUT2D eigenvalue weighted by atomic mass is 32.2. The first-order chi connectivity index (χ1) is 13.5. The lowest BCUT2D eigenvalue weighted by Crippen LogP contribution is -2.51. The fraction of sp³-hybridized carbons (Fsp3) is 0.450. The minimum atomic E-state index is -1.00. The summed E-state index contributed by atoms with van der Waals surface area (Å²) in [5, 5.41) is 14.6. The van der Waals surface area contributed by atoms with Crippen LogP contribution in [0.4, 0.5) is 10.5 Å². The van der Waals surface area contributed by atoms with Gasteiger partial charge < -0.3 is 20.6 Å². The lowest BCUT2D eigenvalue weighted by Gasteiger charge is -2.33. The van der Waals surface area contributed by atoms with Gasteiger partial charge in [-0.3, -0.25) is 4.79 Å². The van der Waals surface area contributed by atoms with Gasteiger partial charge in [0.05, 0.1) is 11.9 Å². The Balaban J connectivity index is 1.61. The molecule has 1 saturated heterocycles. The van der Waals surface area contributed by atoms with Crippen molar-refractivity contribution < 1.29 is 19.5 Å². The van der Waals surface area contributed by atoms with Crippen molar-refractivity contribution in [1.29, 1.82) is 0 Å². The largest absolute Gasteiger partial charge is 0.480 e. The molecule has 0 saturated carbocycles. The van der Waals surface area contributed by atoms with E-state index >= 15 is 0 Å². The van der Waals surface area contributed by atoms with Crippen molar-refractivity contribution in [3.63, 3.8) is 0 Å².